The Morgan fingerprint density at radius 1 is 1.11 bits per heavy atom. The number of carbonyl (C=O) groups is 1. The smallest absolute Gasteiger partial charge is 0.194 e. The van der Waals surface area contributed by atoms with Crippen LogP contribution in [0, 0.1) is 5.92 Å². The number of rotatable bonds is 4. The third-order valence-corrected chi connectivity index (χ3v) is 3.28. The molecule has 0 aliphatic heterocycles. The summed E-state index contributed by atoms with van der Waals surface area (Å²) >= 11 is 6.07. The van der Waals surface area contributed by atoms with Crippen molar-refractivity contribution in [3.05, 3.63) is 70.2 Å². The SMILES string of the molecule is CC(C)Cc1cccc(C(=O)c2ccccc2Cl)c1. The minimum Gasteiger partial charge on any atom is -0.289 e. The molecule has 0 saturated carbocycles. The number of hydrogen-bond donors (Lipinski definition) is 0. The van der Waals surface area contributed by atoms with Crippen molar-refractivity contribution in [3.8, 4) is 0 Å². The van der Waals surface area contributed by atoms with E-state index in [0.717, 1.165) is 6.42 Å². The Labute approximate surface area is 119 Å². The van der Waals surface area contributed by atoms with Crippen LogP contribution in [0.5, 0.6) is 0 Å². The maximum atomic E-state index is 12.4. The molecule has 0 radical (unpaired) electrons. The van der Waals surface area contributed by atoms with Crippen LogP contribution >= 0.6 is 11.6 Å². The lowest BCUT2D eigenvalue weighted by atomic mass is 9.97. The monoisotopic (exact) mass is 272 g/mol. The molecule has 1 nitrogen and oxygen atoms in total. The molecule has 0 bridgehead atoms. The van der Waals surface area contributed by atoms with Gasteiger partial charge in [-0.2, -0.15) is 0 Å². The molecule has 98 valence electrons. The average Bonchev–Trinajstić information content (AvgIpc) is 2.38. The summed E-state index contributed by atoms with van der Waals surface area (Å²) in [6, 6.07) is 15.0. The van der Waals surface area contributed by atoms with E-state index in [1.54, 1.807) is 12.1 Å². The van der Waals surface area contributed by atoms with E-state index < -0.39 is 0 Å². The normalized spacial score (nSPS) is 10.7. The van der Waals surface area contributed by atoms with Gasteiger partial charge in [-0.3, -0.25) is 4.79 Å². The summed E-state index contributed by atoms with van der Waals surface area (Å²) in [4.78, 5) is 12.4. The second kappa shape index (κ2) is 6.03. The quantitative estimate of drug-likeness (QED) is 0.733. The summed E-state index contributed by atoms with van der Waals surface area (Å²) in [6.07, 6.45) is 0.976. The fourth-order valence-electron chi connectivity index (χ4n) is 2.11. The van der Waals surface area contributed by atoms with E-state index >= 15 is 0 Å². The summed E-state index contributed by atoms with van der Waals surface area (Å²) in [5.41, 5.74) is 2.45. The Kier molecular flexibility index (Phi) is 4.39. The highest BCUT2D eigenvalue weighted by Gasteiger charge is 2.12. The zero-order chi connectivity index (χ0) is 13.8. The second-order valence-corrected chi connectivity index (χ2v) is 5.51. The summed E-state index contributed by atoms with van der Waals surface area (Å²) < 4.78 is 0. The Balaban J connectivity index is 2.32. The lowest BCUT2D eigenvalue weighted by Gasteiger charge is -2.08. The van der Waals surface area contributed by atoms with Gasteiger partial charge in [0.2, 0.25) is 0 Å². The van der Waals surface area contributed by atoms with Crippen LogP contribution in [0.15, 0.2) is 48.5 Å². The fourth-order valence-corrected chi connectivity index (χ4v) is 2.33. The van der Waals surface area contributed by atoms with Crippen LogP contribution in [0.1, 0.15) is 35.3 Å². The van der Waals surface area contributed by atoms with Crippen LogP contribution in [0.4, 0.5) is 0 Å². The van der Waals surface area contributed by atoms with Crippen molar-refractivity contribution in [3.63, 3.8) is 0 Å². The number of hydrogen-bond acceptors (Lipinski definition) is 1. The average molecular weight is 273 g/mol. The summed E-state index contributed by atoms with van der Waals surface area (Å²) in [7, 11) is 0. The predicted octanol–water partition coefficient (Wildman–Crippen LogP) is 4.77. The van der Waals surface area contributed by atoms with Crippen molar-refractivity contribution in [2.45, 2.75) is 20.3 Å². The number of carbonyl (C=O) groups excluding carboxylic acids is 1. The molecule has 0 aliphatic rings. The highest BCUT2D eigenvalue weighted by atomic mass is 35.5. The first kappa shape index (κ1) is 13.8. The predicted molar refractivity (Wildman–Crippen MR) is 79.9 cm³/mol. The third-order valence-electron chi connectivity index (χ3n) is 2.95. The molecule has 0 fully saturated rings. The van der Waals surface area contributed by atoms with Crippen LogP contribution in [0.3, 0.4) is 0 Å². The molecule has 0 unspecified atom stereocenters. The molecule has 0 aromatic heterocycles. The van der Waals surface area contributed by atoms with Crippen LogP contribution in [-0.2, 0) is 6.42 Å². The van der Waals surface area contributed by atoms with Gasteiger partial charge in [-0.1, -0.05) is 55.8 Å². The zero-order valence-electron chi connectivity index (χ0n) is 11.2. The number of ketones is 1. The van der Waals surface area contributed by atoms with E-state index in [-0.39, 0.29) is 5.78 Å². The lowest BCUT2D eigenvalue weighted by Crippen LogP contribution is -2.03. The van der Waals surface area contributed by atoms with Gasteiger partial charge in [0.05, 0.1) is 5.02 Å². The molecule has 0 atom stereocenters. The van der Waals surface area contributed by atoms with Crippen molar-refractivity contribution >= 4 is 17.4 Å². The fraction of sp³-hybridized carbons (Fsp3) is 0.235. The number of halogens is 1. The van der Waals surface area contributed by atoms with Gasteiger partial charge in [-0.05, 0) is 36.1 Å². The molecular weight excluding hydrogens is 256 g/mol. The summed E-state index contributed by atoms with van der Waals surface area (Å²) in [5.74, 6) is 0.557. The van der Waals surface area contributed by atoms with Gasteiger partial charge in [-0.15, -0.1) is 0 Å². The molecule has 2 heteroatoms. The van der Waals surface area contributed by atoms with E-state index in [1.165, 1.54) is 5.56 Å². The molecule has 2 aromatic carbocycles. The minimum absolute atomic E-state index is 0.0174. The van der Waals surface area contributed by atoms with E-state index in [1.807, 2.05) is 30.3 Å². The standard InChI is InChI=1S/C17H17ClO/c1-12(2)10-13-6-5-7-14(11-13)17(19)15-8-3-4-9-16(15)18/h3-9,11-12H,10H2,1-2H3. The molecule has 0 N–H and O–H groups in total. The van der Waals surface area contributed by atoms with Gasteiger partial charge in [-0.25, -0.2) is 0 Å². The first-order chi connectivity index (χ1) is 9.08. The van der Waals surface area contributed by atoms with E-state index in [2.05, 4.69) is 19.9 Å². The van der Waals surface area contributed by atoms with Crippen LogP contribution < -0.4 is 0 Å². The Morgan fingerprint density at radius 3 is 2.53 bits per heavy atom. The van der Waals surface area contributed by atoms with Gasteiger partial charge in [0.15, 0.2) is 5.78 Å². The van der Waals surface area contributed by atoms with E-state index in [0.29, 0.717) is 22.1 Å². The molecule has 0 amide bonds. The lowest BCUT2D eigenvalue weighted by molar-refractivity contribution is 0.103. The molecule has 2 aromatic rings. The first-order valence-corrected chi connectivity index (χ1v) is 6.84. The van der Waals surface area contributed by atoms with Crippen molar-refractivity contribution < 1.29 is 4.79 Å². The minimum atomic E-state index is -0.0174. The Hall–Kier alpha value is -1.60. The van der Waals surface area contributed by atoms with E-state index in [4.69, 9.17) is 11.6 Å². The van der Waals surface area contributed by atoms with Crippen LogP contribution in [0.25, 0.3) is 0 Å². The topological polar surface area (TPSA) is 17.1 Å². The van der Waals surface area contributed by atoms with Crippen molar-refractivity contribution in [1.82, 2.24) is 0 Å². The highest BCUT2D eigenvalue weighted by Crippen LogP contribution is 2.20. The van der Waals surface area contributed by atoms with Crippen molar-refractivity contribution in [2.75, 3.05) is 0 Å². The van der Waals surface area contributed by atoms with Crippen molar-refractivity contribution in [1.29, 1.82) is 0 Å². The largest absolute Gasteiger partial charge is 0.289 e. The maximum Gasteiger partial charge on any atom is 0.194 e. The molecular formula is C17H17ClO. The maximum absolute atomic E-state index is 12.4. The van der Waals surface area contributed by atoms with Crippen molar-refractivity contribution in [2.24, 2.45) is 5.92 Å². The summed E-state index contributed by atoms with van der Waals surface area (Å²) in [6.45, 7) is 4.34. The highest BCUT2D eigenvalue weighted by molar-refractivity contribution is 6.34. The van der Waals surface area contributed by atoms with E-state index in [9.17, 15) is 4.79 Å². The molecule has 0 aliphatic carbocycles. The van der Waals surface area contributed by atoms with Gasteiger partial charge in [0.25, 0.3) is 0 Å². The van der Waals surface area contributed by atoms with Gasteiger partial charge in [0.1, 0.15) is 0 Å². The van der Waals surface area contributed by atoms with Crippen LogP contribution in [0.2, 0.25) is 5.02 Å². The third kappa shape index (κ3) is 3.45. The zero-order valence-corrected chi connectivity index (χ0v) is 11.9. The molecule has 0 saturated heterocycles. The number of benzene rings is 2. The Morgan fingerprint density at radius 2 is 1.84 bits per heavy atom. The van der Waals surface area contributed by atoms with Gasteiger partial charge < -0.3 is 0 Å². The van der Waals surface area contributed by atoms with Gasteiger partial charge >= 0.3 is 0 Å². The first-order valence-electron chi connectivity index (χ1n) is 6.46. The molecule has 0 heterocycles. The van der Waals surface area contributed by atoms with Gasteiger partial charge in [0, 0.05) is 11.1 Å². The molecule has 0 spiro atoms. The summed E-state index contributed by atoms with van der Waals surface area (Å²) in [5, 5.41) is 0.502. The van der Waals surface area contributed by atoms with Crippen LogP contribution in [-0.4, -0.2) is 5.78 Å². The second-order valence-electron chi connectivity index (χ2n) is 5.11. The Bertz CT molecular complexity index is 587. The molecule has 19 heavy (non-hydrogen) atoms. The molecule has 2 rings (SSSR count).